The normalized spacial score (nSPS) is 12.0. The minimum Gasteiger partial charge on any atom is -0.505 e. The Bertz CT molecular complexity index is 1040. The Morgan fingerprint density at radius 1 is 1.13 bits per heavy atom. The number of hydrogen-bond donors (Lipinski definition) is 1. The summed E-state index contributed by atoms with van der Waals surface area (Å²) in [6.07, 6.45) is 0. The zero-order chi connectivity index (χ0) is 16.9. The fourth-order valence-corrected chi connectivity index (χ4v) is 5.34. The molecule has 0 aliphatic rings. The van der Waals surface area contributed by atoms with Gasteiger partial charge < -0.3 is 5.11 Å². The van der Waals surface area contributed by atoms with Crippen molar-refractivity contribution >= 4 is 60.1 Å². The fourth-order valence-electron chi connectivity index (χ4n) is 2.46. The van der Waals surface area contributed by atoms with Crippen molar-refractivity contribution in [2.24, 2.45) is 0 Å². The zero-order valence-corrected chi connectivity index (χ0v) is 15.6. The van der Waals surface area contributed by atoms with Crippen molar-refractivity contribution in [3.8, 4) is 5.75 Å². The Hall–Kier alpha value is -1.21. The lowest BCUT2D eigenvalue weighted by molar-refractivity contribution is 0.458. The first-order valence-electron chi connectivity index (χ1n) is 6.43. The van der Waals surface area contributed by atoms with Gasteiger partial charge in [-0.2, -0.15) is 0 Å². The van der Waals surface area contributed by atoms with Crippen LogP contribution in [0.1, 0.15) is 5.69 Å². The van der Waals surface area contributed by atoms with Gasteiger partial charge in [-0.15, -0.1) is 0 Å². The summed E-state index contributed by atoms with van der Waals surface area (Å²) >= 11 is 15.0. The van der Waals surface area contributed by atoms with Crippen LogP contribution in [0.5, 0.6) is 5.75 Å². The van der Waals surface area contributed by atoms with Gasteiger partial charge in [0, 0.05) is 20.6 Å². The van der Waals surface area contributed by atoms with Crippen LogP contribution in [0.3, 0.4) is 0 Å². The summed E-state index contributed by atoms with van der Waals surface area (Å²) in [5.41, 5.74) is 0.972. The molecule has 0 fully saturated rings. The first-order valence-corrected chi connectivity index (χ1v) is 9.42. The Morgan fingerprint density at radius 3 is 2.52 bits per heavy atom. The molecule has 0 saturated heterocycles. The molecule has 3 aromatic rings. The van der Waals surface area contributed by atoms with Crippen LogP contribution in [0.25, 0.3) is 10.9 Å². The molecule has 3 rings (SSSR count). The van der Waals surface area contributed by atoms with Gasteiger partial charge in [0.1, 0.15) is 4.90 Å². The van der Waals surface area contributed by atoms with Crippen LogP contribution in [0, 0.1) is 6.92 Å². The average Bonchev–Trinajstić information content (AvgIpc) is 2.78. The minimum atomic E-state index is -4.03. The molecule has 0 bridgehead atoms. The van der Waals surface area contributed by atoms with Gasteiger partial charge in [0.25, 0.3) is 10.0 Å². The quantitative estimate of drug-likeness (QED) is 0.619. The Balaban J connectivity index is 2.36. The predicted octanol–water partition coefficient (Wildman–Crippen LogP) is 4.96. The molecule has 120 valence electrons. The molecular formula is C15H10BrCl2NO3S. The second-order valence-corrected chi connectivity index (χ2v) is 8.51. The van der Waals surface area contributed by atoms with Crippen molar-refractivity contribution in [1.82, 2.24) is 3.97 Å². The van der Waals surface area contributed by atoms with Crippen LogP contribution in [0.15, 0.2) is 45.8 Å². The molecule has 4 nitrogen and oxygen atoms in total. The average molecular weight is 435 g/mol. The van der Waals surface area contributed by atoms with E-state index in [2.05, 4.69) is 15.9 Å². The summed E-state index contributed by atoms with van der Waals surface area (Å²) in [6.45, 7) is 1.67. The number of phenolic OH excluding ortho intramolecular Hbond substituents is 1. The van der Waals surface area contributed by atoms with Gasteiger partial charge in [0.15, 0.2) is 5.75 Å². The third-order valence-corrected chi connectivity index (χ3v) is 6.22. The summed E-state index contributed by atoms with van der Waals surface area (Å²) < 4.78 is 27.7. The van der Waals surface area contributed by atoms with Gasteiger partial charge in [0.2, 0.25) is 0 Å². The maximum absolute atomic E-state index is 13.0. The summed E-state index contributed by atoms with van der Waals surface area (Å²) in [5, 5.41) is 11.3. The van der Waals surface area contributed by atoms with Crippen LogP contribution in [-0.4, -0.2) is 17.5 Å². The zero-order valence-electron chi connectivity index (χ0n) is 11.7. The summed E-state index contributed by atoms with van der Waals surface area (Å²) in [7, 11) is -4.03. The number of nitrogens with zero attached hydrogens (tertiary/aromatic N) is 1. The van der Waals surface area contributed by atoms with E-state index in [4.69, 9.17) is 23.2 Å². The van der Waals surface area contributed by atoms with E-state index in [-0.39, 0.29) is 9.92 Å². The summed E-state index contributed by atoms with van der Waals surface area (Å²) in [5.74, 6) is -0.481. The standard InChI is InChI=1S/C15H10BrCl2NO3S/c1-8-4-9-5-11(17)2-3-13(9)19(8)23(21,22)14-7-10(16)6-12(18)15(14)20/h2-7,20H,1H3. The molecule has 23 heavy (non-hydrogen) atoms. The maximum Gasteiger partial charge on any atom is 0.272 e. The van der Waals surface area contributed by atoms with Crippen molar-refractivity contribution in [2.45, 2.75) is 11.8 Å². The second kappa shape index (κ2) is 5.70. The van der Waals surface area contributed by atoms with Gasteiger partial charge in [-0.3, -0.25) is 0 Å². The van der Waals surface area contributed by atoms with Gasteiger partial charge in [-0.1, -0.05) is 39.1 Å². The molecule has 1 heterocycles. The van der Waals surface area contributed by atoms with E-state index in [1.165, 1.54) is 12.1 Å². The van der Waals surface area contributed by atoms with Crippen LogP contribution in [-0.2, 0) is 10.0 Å². The van der Waals surface area contributed by atoms with Gasteiger partial charge in [-0.25, -0.2) is 12.4 Å². The second-order valence-electron chi connectivity index (χ2n) is 4.99. The van der Waals surface area contributed by atoms with Crippen molar-refractivity contribution in [3.63, 3.8) is 0 Å². The predicted molar refractivity (Wildman–Crippen MR) is 95.1 cm³/mol. The number of aryl methyl sites for hydroxylation is 1. The molecule has 0 aliphatic heterocycles. The van der Waals surface area contributed by atoms with Crippen molar-refractivity contribution in [1.29, 1.82) is 0 Å². The van der Waals surface area contributed by atoms with Gasteiger partial charge in [0.05, 0.1) is 10.5 Å². The number of aromatic hydroxyl groups is 1. The summed E-state index contributed by atoms with van der Waals surface area (Å²) in [4.78, 5) is -0.271. The Morgan fingerprint density at radius 2 is 1.83 bits per heavy atom. The number of phenols is 1. The van der Waals surface area contributed by atoms with E-state index in [1.54, 1.807) is 31.2 Å². The molecule has 1 aromatic heterocycles. The third kappa shape index (κ3) is 2.74. The van der Waals surface area contributed by atoms with Crippen LogP contribution < -0.4 is 0 Å². The molecule has 8 heteroatoms. The largest absolute Gasteiger partial charge is 0.505 e. The molecule has 0 atom stereocenters. The van der Waals surface area contributed by atoms with Crippen LogP contribution >= 0.6 is 39.1 Å². The molecule has 0 saturated carbocycles. The fraction of sp³-hybridized carbons (Fsp3) is 0.0667. The number of aromatic nitrogens is 1. The topological polar surface area (TPSA) is 59.3 Å². The van der Waals surface area contributed by atoms with E-state index >= 15 is 0 Å². The van der Waals surface area contributed by atoms with Gasteiger partial charge >= 0.3 is 0 Å². The molecule has 0 radical (unpaired) electrons. The van der Waals surface area contributed by atoms with Crippen molar-refractivity contribution in [3.05, 3.63) is 56.6 Å². The molecule has 2 aromatic carbocycles. The molecule has 0 unspecified atom stereocenters. The third-order valence-electron chi connectivity index (χ3n) is 3.40. The molecule has 0 amide bonds. The van der Waals surface area contributed by atoms with E-state index < -0.39 is 15.8 Å². The molecular weight excluding hydrogens is 425 g/mol. The molecule has 1 N–H and O–H groups in total. The number of fused-ring (bicyclic) bond motifs is 1. The highest BCUT2D eigenvalue weighted by atomic mass is 79.9. The number of hydrogen-bond acceptors (Lipinski definition) is 3. The highest BCUT2D eigenvalue weighted by molar-refractivity contribution is 9.10. The number of benzene rings is 2. The van der Waals surface area contributed by atoms with Crippen LogP contribution in [0.2, 0.25) is 10.0 Å². The van der Waals surface area contributed by atoms with E-state index in [9.17, 15) is 13.5 Å². The lowest BCUT2D eigenvalue weighted by Crippen LogP contribution is -2.14. The highest BCUT2D eigenvalue weighted by Gasteiger charge is 2.26. The Labute approximate surface area is 151 Å². The smallest absolute Gasteiger partial charge is 0.272 e. The Kier molecular flexibility index (Phi) is 4.13. The van der Waals surface area contributed by atoms with Crippen LogP contribution in [0.4, 0.5) is 0 Å². The SMILES string of the molecule is Cc1cc2cc(Cl)ccc2n1S(=O)(=O)c1cc(Br)cc(Cl)c1O. The number of rotatable bonds is 2. The van der Waals surface area contributed by atoms with Gasteiger partial charge in [-0.05, 0) is 43.3 Å². The molecule has 0 aliphatic carbocycles. The number of halogens is 3. The maximum atomic E-state index is 13.0. The van der Waals surface area contributed by atoms with E-state index in [0.29, 0.717) is 26.1 Å². The van der Waals surface area contributed by atoms with E-state index in [0.717, 1.165) is 3.97 Å². The lowest BCUT2D eigenvalue weighted by atomic mass is 10.2. The minimum absolute atomic E-state index is 0.0462. The van der Waals surface area contributed by atoms with Crippen molar-refractivity contribution in [2.75, 3.05) is 0 Å². The first kappa shape index (κ1) is 16.6. The van der Waals surface area contributed by atoms with Crippen molar-refractivity contribution < 1.29 is 13.5 Å². The monoisotopic (exact) mass is 433 g/mol. The summed E-state index contributed by atoms with van der Waals surface area (Å²) in [6, 6.07) is 9.38. The van der Waals surface area contributed by atoms with E-state index in [1.807, 2.05) is 0 Å². The first-order chi connectivity index (χ1) is 10.7. The highest BCUT2D eigenvalue weighted by Crippen LogP contribution is 2.37. The lowest BCUT2D eigenvalue weighted by Gasteiger charge is -2.12. The molecule has 0 spiro atoms.